The Bertz CT molecular complexity index is 775. The fourth-order valence-corrected chi connectivity index (χ4v) is 3.32. The molecular weight excluding hydrogens is 318 g/mol. The van der Waals surface area contributed by atoms with Gasteiger partial charge in [0.05, 0.1) is 17.5 Å². The lowest BCUT2D eigenvalue weighted by atomic mass is 9.96. The van der Waals surface area contributed by atoms with Crippen LogP contribution in [-0.4, -0.2) is 62.7 Å². The van der Waals surface area contributed by atoms with Gasteiger partial charge in [0.25, 0.3) is 5.92 Å². The first-order valence-electron chi connectivity index (χ1n) is 7.99. The van der Waals surface area contributed by atoms with Gasteiger partial charge in [0.1, 0.15) is 12.1 Å². The van der Waals surface area contributed by atoms with Gasteiger partial charge in [-0.25, -0.2) is 18.7 Å². The molecule has 7 nitrogen and oxygen atoms in total. The van der Waals surface area contributed by atoms with Gasteiger partial charge in [-0.1, -0.05) is 0 Å². The van der Waals surface area contributed by atoms with E-state index in [0.717, 1.165) is 16.9 Å². The molecule has 2 fully saturated rings. The van der Waals surface area contributed by atoms with Crippen molar-refractivity contribution in [1.29, 1.82) is 0 Å². The number of halogens is 2. The number of likely N-dealkylation sites (tertiary alicyclic amines) is 1. The van der Waals surface area contributed by atoms with Crippen molar-refractivity contribution in [2.24, 2.45) is 13.0 Å². The Morgan fingerprint density at radius 1 is 1.25 bits per heavy atom. The monoisotopic (exact) mass is 336 g/mol. The van der Waals surface area contributed by atoms with E-state index in [9.17, 15) is 13.6 Å². The highest BCUT2D eigenvalue weighted by molar-refractivity contribution is 5.89. The minimum Gasteiger partial charge on any atom is -0.354 e. The molecule has 2 aliphatic heterocycles. The Morgan fingerprint density at radius 3 is 2.67 bits per heavy atom. The first-order chi connectivity index (χ1) is 11.4. The van der Waals surface area contributed by atoms with Crippen molar-refractivity contribution in [2.75, 3.05) is 31.1 Å². The molecule has 2 aliphatic rings. The summed E-state index contributed by atoms with van der Waals surface area (Å²) in [6, 6.07) is 0. The second kappa shape index (κ2) is 5.35. The van der Waals surface area contributed by atoms with Crippen molar-refractivity contribution in [3.8, 4) is 0 Å². The highest BCUT2D eigenvalue weighted by Gasteiger charge is 2.41. The Labute approximate surface area is 137 Å². The van der Waals surface area contributed by atoms with E-state index in [1.54, 1.807) is 15.8 Å². The van der Waals surface area contributed by atoms with E-state index < -0.39 is 5.92 Å². The van der Waals surface area contributed by atoms with Crippen molar-refractivity contribution in [1.82, 2.24) is 24.6 Å². The number of rotatable bonds is 2. The first kappa shape index (κ1) is 15.2. The van der Waals surface area contributed by atoms with Gasteiger partial charge in [0.2, 0.25) is 5.91 Å². The van der Waals surface area contributed by atoms with E-state index in [0.29, 0.717) is 13.1 Å². The van der Waals surface area contributed by atoms with Crippen LogP contribution in [0.1, 0.15) is 12.8 Å². The number of amides is 1. The van der Waals surface area contributed by atoms with Gasteiger partial charge >= 0.3 is 0 Å². The minimum absolute atomic E-state index is 0.0294. The lowest BCUT2D eigenvalue weighted by Gasteiger charge is -2.42. The standard InChI is InChI=1S/C15H18F2N6O/c1-21-12-11(6-20-21)13(19-9-18-12)23-7-10(8-23)14(24)22-4-2-15(16,17)3-5-22/h6,9-10H,2-5,7-8H2,1H3. The zero-order chi connectivity index (χ0) is 16.9. The van der Waals surface area contributed by atoms with Crippen LogP contribution in [0.25, 0.3) is 11.0 Å². The second-order valence-corrected chi connectivity index (χ2v) is 6.49. The largest absolute Gasteiger partial charge is 0.354 e. The predicted octanol–water partition coefficient (Wildman–Crippen LogP) is 1.06. The fraction of sp³-hybridized carbons (Fsp3) is 0.600. The first-order valence-corrected chi connectivity index (χ1v) is 7.99. The summed E-state index contributed by atoms with van der Waals surface area (Å²) in [5.74, 6) is -2.05. The van der Waals surface area contributed by atoms with Gasteiger partial charge in [-0.15, -0.1) is 0 Å². The summed E-state index contributed by atoms with van der Waals surface area (Å²) in [5, 5.41) is 5.03. The summed E-state index contributed by atoms with van der Waals surface area (Å²) in [6.45, 7) is 1.38. The summed E-state index contributed by atoms with van der Waals surface area (Å²) >= 11 is 0. The maximum atomic E-state index is 13.2. The quantitative estimate of drug-likeness (QED) is 0.820. The molecule has 2 saturated heterocycles. The number of carbonyl (C=O) groups excluding carboxylic acids is 1. The smallest absolute Gasteiger partial charge is 0.251 e. The maximum Gasteiger partial charge on any atom is 0.251 e. The lowest BCUT2D eigenvalue weighted by molar-refractivity contribution is -0.142. The van der Waals surface area contributed by atoms with Crippen molar-refractivity contribution < 1.29 is 13.6 Å². The average molecular weight is 336 g/mol. The van der Waals surface area contributed by atoms with Crippen LogP contribution in [-0.2, 0) is 11.8 Å². The summed E-state index contributed by atoms with van der Waals surface area (Å²) in [4.78, 5) is 24.5. The number of nitrogens with zero attached hydrogens (tertiary/aromatic N) is 6. The fourth-order valence-electron chi connectivity index (χ4n) is 3.32. The number of hydrogen-bond donors (Lipinski definition) is 0. The molecular formula is C15H18F2N6O. The molecule has 0 aliphatic carbocycles. The van der Waals surface area contributed by atoms with E-state index in [1.165, 1.54) is 6.33 Å². The topological polar surface area (TPSA) is 67.2 Å². The molecule has 24 heavy (non-hydrogen) atoms. The SMILES string of the molecule is Cn1ncc2c(N3CC(C(=O)N4CCC(F)(F)CC4)C3)ncnc21. The van der Waals surface area contributed by atoms with E-state index in [-0.39, 0.29) is 37.8 Å². The average Bonchev–Trinajstić information content (AvgIpc) is 2.88. The van der Waals surface area contributed by atoms with E-state index in [2.05, 4.69) is 15.1 Å². The van der Waals surface area contributed by atoms with Crippen LogP contribution in [0.3, 0.4) is 0 Å². The zero-order valence-electron chi connectivity index (χ0n) is 13.3. The highest BCUT2D eigenvalue weighted by Crippen LogP contribution is 2.32. The third kappa shape index (κ3) is 2.47. The number of carbonyl (C=O) groups is 1. The molecule has 0 aromatic carbocycles. The number of piperidine rings is 1. The Balaban J connectivity index is 1.42. The van der Waals surface area contributed by atoms with Gasteiger partial charge in [0, 0.05) is 46.1 Å². The van der Waals surface area contributed by atoms with Crippen molar-refractivity contribution >= 4 is 22.8 Å². The molecule has 0 N–H and O–H groups in total. The van der Waals surface area contributed by atoms with Crippen LogP contribution in [0.4, 0.5) is 14.6 Å². The van der Waals surface area contributed by atoms with Crippen LogP contribution in [0.2, 0.25) is 0 Å². The number of anilines is 1. The van der Waals surface area contributed by atoms with Crippen molar-refractivity contribution in [2.45, 2.75) is 18.8 Å². The molecule has 0 bridgehead atoms. The van der Waals surface area contributed by atoms with Crippen LogP contribution in [0, 0.1) is 5.92 Å². The zero-order valence-corrected chi connectivity index (χ0v) is 13.3. The molecule has 4 rings (SSSR count). The molecule has 0 saturated carbocycles. The summed E-state index contributed by atoms with van der Waals surface area (Å²) in [7, 11) is 1.81. The molecule has 0 spiro atoms. The molecule has 2 aromatic heterocycles. The van der Waals surface area contributed by atoms with Gasteiger partial charge in [0.15, 0.2) is 5.65 Å². The normalized spacial score (nSPS) is 21.1. The van der Waals surface area contributed by atoms with E-state index in [4.69, 9.17) is 0 Å². The van der Waals surface area contributed by atoms with Crippen molar-refractivity contribution in [3.05, 3.63) is 12.5 Å². The van der Waals surface area contributed by atoms with Crippen LogP contribution in [0.15, 0.2) is 12.5 Å². The van der Waals surface area contributed by atoms with Crippen LogP contribution in [0.5, 0.6) is 0 Å². The molecule has 9 heteroatoms. The summed E-state index contributed by atoms with van der Waals surface area (Å²) in [6.07, 6.45) is 2.72. The summed E-state index contributed by atoms with van der Waals surface area (Å²) in [5.41, 5.74) is 0.744. The molecule has 0 radical (unpaired) electrons. The summed E-state index contributed by atoms with van der Waals surface area (Å²) < 4.78 is 28.1. The van der Waals surface area contributed by atoms with E-state index >= 15 is 0 Å². The maximum absolute atomic E-state index is 13.2. The number of alkyl halides is 2. The van der Waals surface area contributed by atoms with Crippen LogP contribution >= 0.6 is 0 Å². The highest BCUT2D eigenvalue weighted by atomic mass is 19.3. The van der Waals surface area contributed by atoms with Gasteiger partial charge in [-0.05, 0) is 0 Å². The third-order valence-electron chi connectivity index (χ3n) is 4.85. The van der Waals surface area contributed by atoms with Gasteiger partial charge < -0.3 is 9.80 Å². The Hall–Kier alpha value is -2.32. The lowest BCUT2D eigenvalue weighted by Crippen LogP contribution is -2.56. The van der Waals surface area contributed by atoms with Gasteiger partial charge in [-0.3, -0.25) is 9.48 Å². The Kier molecular flexibility index (Phi) is 3.40. The minimum atomic E-state index is -2.63. The molecule has 0 atom stereocenters. The predicted molar refractivity (Wildman–Crippen MR) is 82.8 cm³/mol. The molecule has 0 unspecified atom stereocenters. The Morgan fingerprint density at radius 2 is 1.96 bits per heavy atom. The molecule has 2 aromatic rings. The third-order valence-corrected chi connectivity index (χ3v) is 4.85. The number of hydrogen-bond acceptors (Lipinski definition) is 5. The second-order valence-electron chi connectivity index (χ2n) is 6.49. The number of fused-ring (bicyclic) bond motifs is 1. The van der Waals surface area contributed by atoms with Crippen LogP contribution < -0.4 is 4.90 Å². The van der Waals surface area contributed by atoms with E-state index in [1.807, 2.05) is 11.9 Å². The molecule has 128 valence electrons. The number of aromatic nitrogens is 4. The van der Waals surface area contributed by atoms with Crippen molar-refractivity contribution in [3.63, 3.8) is 0 Å². The molecule has 1 amide bonds. The van der Waals surface area contributed by atoms with Gasteiger partial charge in [-0.2, -0.15) is 5.10 Å². The molecule has 4 heterocycles. The number of aryl methyl sites for hydroxylation is 1.